The molecular formula is C22H28N4O4S. The molecule has 1 saturated heterocycles. The largest absolute Gasteiger partial charge is 0.337 e. The van der Waals surface area contributed by atoms with Gasteiger partial charge in [-0.05, 0) is 44.0 Å². The number of rotatable bonds is 7. The van der Waals surface area contributed by atoms with Crippen molar-refractivity contribution in [1.29, 1.82) is 0 Å². The van der Waals surface area contributed by atoms with E-state index in [1.165, 1.54) is 0 Å². The van der Waals surface area contributed by atoms with Gasteiger partial charge in [-0.1, -0.05) is 35.9 Å². The Kier molecular flexibility index (Phi) is 7.64. The maximum atomic E-state index is 12.5. The van der Waals surface area contributed by atoms with Crippen molar-refractivity contribution in [2.45, 2.75) is 24.7 Å². The zero-order chi connectivity index (χ0) is 22.3. The number of aryl methyl sites for hydroxylation is 1. The van der Waals surface area contributed by atoms with E-state index in [9.17, 15) is 18.0 Å². The molecule has 0 unspecified atom stereocenters. The number of amides is 3. The fourth-order valence-corrected chi connectivity index (χ4v) is 4.44. The number of nitrogens with zero attached hydrogens (tertiary/aromatic N) is 1. The van der Waals surface area contributed by atoms with Crippen LogP contribution >= 0.6 is 0 Å². The van der Waals surface area contributed by atoms with E-state index in [1.54, 1.807) is 29.2 Å². The molecule has 1 aliphatic rings. The van der Waals surface area contributed by atoms with Gasteiger partial charge in [0.15, 0.2) is 0 Å². The maximum Gasteiger partial charge on any atom is 0.317 e. The molecule has 2 aromatic rings. The van der Waals surface area contributed by atoms with Crippen LogP contribution in [-0.4, -0.2) is 51.4 Å². The normalized spacial score (nSPS) is 16.5. The summed E-state index contributed by atoms with van der Waals surface area (Å²) in [4.78, 5) is 26.8. The number of urea groups is 1. The molecule has 0 aromatic heterocycles. The fraction of sp³-hybridized carbons (Fsp3) is 0.364. The maximum absolute atomic E-state index is 12.5. The topological polar surface area (TPSA) is 108 Å². The summed E-state index contributed by atoms with van der Waals surface area (Å²) < 4.78 is 27.0. The van der Waals surface area contributed by atoms with Gasteiger partial charge in [-0.25, -0.2) is 17.9 Å². The molecule has 0 bridgehead atoms. The number of likely N-dealkylation sites (tertiary alicyclic amines) is 1. The Balaban J connectivity index is 1.43. The van der Waals surface area contributed by atoms with Crippen LogP contribution in [0.15, 0.2) is 59.5 Å². The van der Waals surface area contributed by atoms with Gasteiger partial charge in [0, 0.05) is 31.9 Å². The van der Waals surface area contributed by atoms with Crippen molar-refractivity contribution >= 4 is 27.6 Å². The lowest BCUT2D eigenvalue weighted by Gasteiger charge is -2.32. The highest BCUT2D eigenvalue weighted by Crippen LogP contribution is 2.19. The number of carbonyl (C=O) groups is 2. The summed E-state index contributed by atoms with van der Waals surface area (Å²) in [6.45, 7) is 3.01. The first kappa shape index (κ1) is 22.8. The number of hydrogen-bond acceptors (Lipinski definition) is 4. The van der Waals surface area contributed by atoms with Crippen LogP contribution in [0.4, 0.5) is 10.5 Å². The number of sulfonamides is 1. The molecule has 2 aromatic carbocycles. The zero-order valence-corrected chi connectivity index (χ0v) is 18.3. The van der Waals surface area contributed by atoms with Gasteiger partial charge in [-0.2, -0.15) is 0 Å². The second-order valence-corrected chi connectivity index (χ2v) is 9.35. The molecule has 166 valence electrons. The van der Waals surface area contributed by atoms with Gasteiger partial charge in [0.05, 0.1) is 10.8 Å². The van der Waals surface area contributed by atoms with Crippen molar-refractivity contribution < 1.29 is 18.0 Å². The van der Waals surface area contributed by atoms with Crippen molar-refractivity contribution in [2.24, 2.45) is 5.92 Å². The summed E-state index contributed by atoms with van der Waals surface area (Å²) in [6.07, 6.45) is 1.46. The first-order valence-corrected chi connectivity index (χ1v) is 11.8. The predicted molar refractivity (Wildman–Crippen MR) is 119 cm³/mol. The van der Waals surface area contributed by atoms with Gasteiger partial charge in [0.2, 0.25) is 15.9 Å². The molecule has 31 heavy (non-hydrogen) atoms. The summed E-state index contributed by atoms with van der Waals surface area (Å²) in [7, 11) is -3.62. The number of benzene rings is 2. The minimum atomic E-state index is -3.62. The van der Waals surface area contributed by atoms with E-state index in [0.29, 0.717) is 13.1 Å². The lowest BCUT2D eigenvalue weighted by molar-refractivity contribution is -0.121. The predicted octanol–water partition coefficient (Wildman–Crippen LogP) is 2.33. The third-order valence-corrected chi connectivity index (χ3v) is 6.62. The highest BCUT2D eigenvalue weighted by Gasteiger charge is 2.28. The number of carbonyl (C=O) groups excluding carboxylic acids is 2. The van der Waals surface area contributed by atoms with E-state index in [-0.39, 0.29) is 35.8 Å². The van der Waals surface area contributed by atoms with Crippen LogP contribution in [0, 0.1) is 12.8 Å². The molecule has 8 nitrogen and oxygen atoms in total. The van der Waals surface area contributed by atoms with Crippen LogP contribution in [-0.2, 0) is 14.8 Å². The van der Waals surface area contributed by atoms with Crippen LogP contribution in [0.5, 0.6) is 0 Å². The van der Waals surface area contributed by atoms with Gasteiger partial charge in [-0.3, -0.25) is 4.79 Å². The van der Waals surface area contributed by atoms with E-state index >= 15 is 0 Å². The van der Waals surface area contributed by atoms with Crippen molar-refractivity contribution in [3.63, 3.8) is 0 Å². The molecule has 1 aliphatic heterocycles. The first-order valence-electron chi connectivity index (χ1n) is 10.3. The van der Waals surface area contributed by atoms with E-state index in [2.05, 4.69) is 15.4 Å². The third-order valence-electron chi connectivity index (χ3n) is 5.15. The second kappa shape index (κ2) is 10.4. The molecule has 3 N–H and O–H groups in total. The van der Waals surface area contributed by atoms with Gasteiger partial charge in [0.1, 0.15) is 0 Å². The molecule has 0 saturated carbocycles. The van der Waals surface area contributed by atoms with Gasteiger partial charge < -0.3 is 15.5 Å². The molecular weight excluding hydrogens is 416 g/mol. The van der Waals surface area contributed by atoms with Gasteiger partial charge in [-0.15, -0.1) is 0 Å². The third kappa shape index (κ3) is 6.53. The summed E-state index contributed by atoms with van der Waals surface area (Å²) >= 11 is 0. The fourth-order valence-electron chi connectivity index (χ4n) is 3.41. The standard InChI is InChI=1S/C22H28N4O4S/c1-17-9-11-20(12-10-17)31(29,30)24-14-13-23-22(28)26-15-5-6-18(16-26)21(27)25-19-7-3-2-4-8-19/h2-4,7-12,18,24H,5-6,13-16H2,1H3,(H,23,28)(H,25,27)/t18-/m0/s1. The van der Waals surface area contributed by atoms with Gasteiger partial charge in [0.25, 0.3) is 0 Å². The lowest BCUT2D eigenvalue weighted by atomic mass is 9.97. The minimum absolute atomic E-state index is 0.0771. The average molecular weight is 445 g/mol. The van der Waals surface area contributed by atoms with E-state index < -0.39 is 10.0 Å². The quantitative estimate of drug-likeness (QED) is 0.570. The number of hydrogen-bond donors (Lipinski definition) is 3. The molecule has 1 heterocycles. The molecule has 1 fully saturated rings. The van der Waals surface area contributed by atoms with E-state index in [0.717, 1.165) is 24.1 Å². The Hall–Kier alpha value is -2.91. The number of anilines is 1. The molecule has 0 radical (unpaired) electrons. The van der Waals surface area contributed by atoms with Crippen molar-refractivity contribution in [3.05, 3.63) is 60.2 Å². The Bertz CT molecular complexity index is 994. The number of nitrogens with one attached hydrogen (secondary N) is 3. The van der Waals surface area contributed by atoms with Gasteiger partial charge >= 0.3 is 6.03 Å². The molecule has 9 heteroatoms. The average Bonchev–Trinajstić information content (AvgIpc) is 2.77. The summed E-state index contributed by atoms with van der Waals surface area (Å²) in [5.74, 6) is -0.380. The van der Waals surface area contributed by atoms with E-state index in [4.69, 9.17) is 0 Å². The van der Waals surface area contributed by atoms with Crippen molar-refractivity contribution in [2.75, 3.05) is 31.5 Å². The second-order valence-electron chi connectivity index (χ2n) is 7.58. The van der Waals surface area contributed by atoms with Crippen LogP contribution in [0.3, 0.4) is 0 Å². The van der Waals surface area contributed by atoms with Crippen LogP contribution in [0.1, 0.15) is 18.4 Å². The number of piperidine rings is 1. The molecule has 0 aliphatic carbocycles. The molecule has 3 rings (SSSR count). The number of para-hydroxylation sites is 1. The SMILES string of the molecule is Cc1ccc(S(=O)(=O)NCCNC(=O)N2CCC[C@H](C(=O)Nc3ccccc3)C2)cc1. The monoisotopic (exact) mass is 444 g/mol. The zero-order valence-electron chi connectivity index (χ0n) is 17.5. The van der Waals surface area contributed by atoms with Crippen LogP contribution in [0.2, 0.25) is 0 Å². The van der Waals surface area contributed by atoms with Crippen LogP contribution in [0.25, 0.3) is 0 Å². The van der Waals surface area contributed by atoms with Crippen molar-refractivity contribution in [1.82, 2.24) is 14.9 Å². The molecule has 0 spiro atoms. The smallest absolute Gasteiger partial charge is 0.317 e. The first-order chi connectivity index (χ1) is 14.8. The van der Waals surface area contributed by atoms with E-state index in [1.807, 2.05) is 37.3 Å². The summed E-state index contributed by atoms with van der Waals surface area (Å²) in [6, 6.07) is 15.5. The van der Waals surface area contributed by atoms with Crippen molar-refractivity contribution in [3.8, 4) is 0 Å². The minimum Gasteiger partial charge on any atom is -0.337 e. The highest BCUT2D eigenvalue weighted by molar-refractivity contribution is 7.89. The molecule has 1 atom stereocenters. The summed E-state index contributed by atoms with van der Waals surface area (Å²) in [5, 5.41) is 5.61. The Morgan fingerprint density at radius 3 is 2.45 bits per heavy atom. The Morgan fingerprint density at radius 1 is 1.03 bits per heavy atom. The Labute approximate surface area is 183 Å². The lowest BCUT2D eigenvalue weighted by Crippen LogP contribution is -2.49. The Morgan fingerprint density at radius 2 is 1.74 bits per heavy atom. The molecule has 3 amide bonds. The summed E-state index contributed by atoms with van der Waals surface area (Å²) in [5.41, 5.74) is 1.71. The highest BCUT2D eigenvalue weighted by atomic mass is 32.2. The van der Waals surface area contributed by atoms with Crippen LogP contribution < -0.4 is 15.4 Å².